The lowest BCUT2D eigenvalue weighted by Crippen LogP contribution is -2.20. The number of alkyl halides is 1. The molecule has 1 aliphatic rings. The molecule has 4 heteroatoms. The molecule has 0 saturated carbocycles. The molecule has 1 aromatic carbocycles. The standard InChI is InChI=1S/C20H27F3O/c1-3-4-5-6-15-9-14(2)7-8-20(24-13-15)16-10-18(22)17(12-21)19(23)11-16/h3-4,10-11,14-15,20H,5-9,12-13H2,1-2H3/b4-3+. The smallest absolute Gasteiger partial charge is 0.132 e. The second kappa shape index (κ2) is 9.26. The third-order valence-corrected chi connectivity index (χ3v) is 4.84. The van der Waals surface area contributed by atoms with E-state index in [1.807, 2.05) is 13.0 Å². The van der Waals surface area contributed by atoms with Crippen LogP contribution in [0, 0.1) is 23.5 Å². The molecular formula is C20H27F3O. The summed E-state index contributed by atoms with van der Waals surface area (Å²) >= 11 is 0. The van der Waals surface area contributed by atoms with E-state index in [1.165, 1.54) is 12.1 Å². The first-order valence-electron chi connectivity index (χ1n) is 8.81. The normalized spacial score (nSPS) is 25.6. The van der Waals surface area contributed by atoms with E-state index in [0.29, 0.717) is 24.0 Å². The van der Waals surface area contributed by atoms with Gasteiger partial charge >= 0.3 is 0 Å². The Morgan fingerprint density at radius 2 is 1.92 bits per heavy atom. The zero-order valence-electron chi connectivity index (χ0n) is 14.5. The van der Waals surface area contributed by atoms with Crippen LogP contribution in [0.25, 0.3) is 0 Å². The summed E-state index contributed by atoms with van der Waals surface area (Å²) in [7, 11) is 0. The Balaban J connectivity index is 2.10. The molecule has 134 valence electrons. The molecule has 0 aromatic heterocycles. The van der Waals surface area contributed by atoms with Gasteiger partial charge in [-0.25, -0.2) is 13.2 Å². The zero-order chi connectivity index (χ0) is 17.5. The van der Waals surface area contributed by atoms with E-state index < -0.39 is 23.9 Å². The molecule has 1 saturated heterocycles. The lowest BCUT2D eigenvalue weighted by Gasteiger charge is -2.29. The first-order chi connectivity index (χ1) is 11.5. The fraction of sp³-hybridized carbons (Fsp3) is 0.600. The van der Waals surface area contributed by atoms with E-state index in [0.717, 1.165) is 32.1 Å². The van der Waals surface area contributed by atoms with Crippen molar-refractivity contribution < 1.29 is 17.9 Å². The van der Waals surface area contributed by atoms with Gasteiger partial charge in [0.25, 0.3) is 0 Å². The predicted octanol–water partition coefficient (Wildman–Crippen LogP) is 6.28. The fourth-order valence-electron chi connectivity index (χ4n) is 3.43. The van der Waals surface area contributed by atoms with Gasteiger partial charge in [-0.05, 0) is 68.6 Å². The monoisotopic (exact) mass is 340 g/mol. The van der Waals surface area contributed by atoms with Gasteiger partial charge in [0.15, 0.2) is 0 Å². The van der Waals surface area contributed by atoms with Crippen LogP contribution in [-0.2, 0) is 11.4 Å². The van der Waals surface area contributed by atoms with E-state index in [1.54, 1.807) is 0 Å². The fourth-order valence-corrected chi connectivity index (χ4v) is 3.43. The molecule has 1 aliphatic heterocycles. The number of benzene rings is 1. The third-order valence-electron chi connectivity index (χ3n) is 4.84. The number of hydrogen-bond donors (Lipinski definition) is 0. The highest BCUT2D eigenvalue weighted by atomic mass is 19.1. The molecule has 2 rings (SSSR count). The zero-order valence-corrected chi connectivity index (χ0v) is 14.5. The highest BCUT2D eigenvalue weighted by Crippen LogP contribution is 2.33. The molecule has 0 aliphatic carbocycles. The average Bonchev–Trinajstić information content (AvgIpc) is 2.52. The first kappa shape index (κ1) is 19.0. The van der Waals surface area contributed by atoms with E-state index in [4.69, 9.17) is 4.74 Å². The molecule has 0 radical (unpaired) electrons. The van der Waals surface area contributed by atoms with Gasteiger partial charge in [0.2, 0.25) is 0 Å². The van der Waals surface area contributed by atoms with Gasteiger partial charge in [0.1, 0.15) is 18.3 Å². The Bertz CT molecular complexity index is 533. The van der Waals surface area contributed by atoms with E-state index in [2.05, 4.69) is 13.0 Å². The molecule has 0 N–H and O–H groups in total. The first-order valence-corrected chi connectivity index (χ1v) is 8.81. The minimum absolute atomic E-state index is 0.324. The molecular weight excluding hydrogens is 313 g/mol. The van der Waals surface area contributed by atoms with Crippen LogP contribution in [0.2, 0.25) is 0 Å². The highest BCUT2D eigenvalue weighted by molar-refractivity contribution is 5.27. The Morgan fingerprint density at radius 1 is 1.21 bits per heavy atom. The summed E-state index contributed by atoms with van der Waals surface area (Å²) in [6.07, 6.45) is 8.77. The van der Waals surface area contributed by atoms with Crippen LogP contribution in [0.15, 0.2) is 24.3 Å². The van der Waals surface area contributed by atoms with Gasteiger partial charge in [-0.1, -0.05) is 19.1 Å². The van der Waals surface area contributed by atoms with Crippen LogP contribution in [0.4, 0.5) is 13.2 Å². The molecule has 3 atom stereocenters. The van der Waals surface area contributed by atoms with Crippen molar-refractivity contribution in [3.8, 4) is 0 Å². The molecule has 1 heterocycles. The van der Waals surface area contributed by atoms with Crippen LogP contribution >= 0.6 is 0 Å². The maximum atomic E-state index is 13.9. The SMILES string of the molecule is C/C=C/CCC1COC(c2cc(F)c(CF)c(F)c2)CCC(C)C1. The Labute approximate surface area is 142 Å². The lowest BCUT2D eigenvalue weighted by atomic mass is 9.87. The largest absolute Gasteiger partial charge is 0.373 e. The summed E-state index contributed by atoms with van der Waals surface area (Å²) in [5.74, 6) is -0.627. The number of rotatable bonds is 5. The molecule has 1 fully saturated rings. The van der Waals surface area contributed by atoms with Crippen LogP contribution in [-0.4, -0.2) is 6.61 Å². The quantitative estimate of drug-likeness (QED) is 0.573. The Morgan fingerprint density at radius 3 is 2.54 bits per heavy atom. The van der Waals surface area contributed by atoms with Crippen molar-refractivity contribution in [2.75, 3.05) is 6.61 Å². The summed E-state index contributed by atoms with van der Waals surface area (Å²) in [4.78, 5) is 0. The molecule has 0 spiro atoms. The second-order valence-electron chi connectivity index (χ2n) is 6.85. The van der Waals surface area contributed by atoms with Crippen LogP contribution in [0.5, 0.6) is 0 Å². The van der Waals surface area contributed by atoms with Crippen LogP contribution < -0.4 is 0 Å². The van der Waals surface area contributed by atoms with Crippen LogP contribution in [0.3, 0.4) is 0 Å². The topological polar surface area (TPSA) is 9.23 Å². The molecule has 0 amide bonds. The van der Waals surface area contributed by atoms with Gasteiger partial charge in [0.05, 0.1) is 18.3 Å². The molecule has 1 nitrogen and oxygen atoms in total. The Kier molecular flexibility index (Phi) is 7.35. The highest BCUT2D eigenvalue weighted by Gasteiger charge is 2.24. The van der Waals surface area contributed by atoms with Gasteiger partial charge in [-0.2, -0.15) is 0 Å². The Hall–Kier alpha value is -1.29. The van der Waals surface area contributed by atoms with Crippen molar-refractivity contribution in [3.63, 3.8) is 0 Å². The molecule has 3 unspecified atom stereocenters. The van der Waals surface area contributed by atoms with Crippen molar-refractivity contribution in [3.05, 3.63) is 47.0 Å². The van der Waals surface area contributed by atoms with Crippen molar-refractivity contribution in [2.45, 2.75) is 58.7 Å². The van der Waals surface area contributed by atoms with Crippen molar-refractivity contribution in [1.82, 2.24) is 0 Å². The van der Waals surface area contributed by atoms with E-state index >= 15 is 0 Å². The molecule has 1 aromatic rings. The third kappa shape index (κ3) is 5.10. The van der Waals surface area contributed by atoms with Crippen LogP contribution in [0.1, 0.15) is 63.2 Å². The molecule has 0 bridgehead atoms. The van der Waals surface area contributed by atoms with Gasteiger partial charge in [0, 0.05) is 0 Å². The minimum Gasteiger partial charge on any atom is -0.373 e. The van der Waals surface area contributed by atoms with E-state index in [-0.39, 0.29) is 6.10 Å². The average molecular weight is 340 g/mol. The predicted molar refractivity (Wildman–Crippen MR) is 90.4 cm³/mol. The maximum absolute atomic E-state index is 13.9. The number of hydrogen-bond acceptors (Lipinski definition) is 1. The van der Waals surface area contributed by atoms with Crippen molar-refractivity contribution in [2.24, 2.45) is 11.8 Å². The summed E-state index contributed by atoms with van der Waals surface area (Å²) in [6, 6.07) is 2.45. The van der Waals surface area contributed by atoms with Gasteiger partial charge in [-0.15, -0.1) is 0 Å². The summed E-state index contributed by atoms with van der Waals surface area (Å²) in [6.45, 7) is 3.70. The minimum atomic E-state index is -1.13. The number of ether oxygens (including phenoxy) is 1. The summed E-state index contributed by atoms with van der Waals surface area (Å²) < 4.78 is 46.4. The summed E-state index contributed by atoms with van der Waals surface area (Å²) in [5, 5.41) is 0. The van der Waals surface area contributed by atoms with E-state index in [9.17, 15) is 13.2 Å². The molecule has 24 heavy (non-hydrogen) atoms. The second-order valence-corrected chi connectivity index (χ2v) is 6.85. The van der Waals surface area contributed by atoms with Crippen molar-refractivity contribution >= 4 is 0 Å². The van der Waals surface area contributed by atoms with Gasteiger partial charge < -0.3 is 4.74 Å². The number of allylic oxidation sites excluding steroid dienone is 2. The van der Waals surface area contributed by atoms with Gasteiger partial charge in [-0.3, -0.25) is 0 Å². The van der Waals surface area contributed by atoms with Crippen molar-refractivity contribution in [1.29, 1.82) is 0 Å². The lowest BCUT2D eigenvalue weighted by molar-refractivity contribution is -0.001000. The number of halogens is 3. The summed E-state index contributed by atoms with van der Waals surface area (Å²) in [5.41, 5.74) is -0.0225. The maximum Gasteiger partial charge on any atom is 0.132 e.